The number of ether oxygens (including phenoxy) is 1. The molecule has 0 amide bonds. The summed E-state index contributed by atoms with van der Waals surface area (Å²) in [4.78, 5) is 18.0. The first kappa shape index (κ1) is 11.2. The van der Waals surface area contributed by atoms with Crippen LogP contribution in [0, 0.1) is 0 Å². The van der Waals surface area contributed by atoms with E-state index in [0.29, 0.717) is 13.0 Å². The molecule has 0 aromatic carbocycles. The Hall–Kier alpha value is -1.91. The molecular formula is C10H12N2O3. The van der Waals surface area contributed by atoms with Crippen molar-refractivity contribution in [3.8, 4) is 5.88 Å². The van der Waals surface area contributed by atoms with Crippen molar-refractivity contribution in [2.24, 2.45) is 0 Å². The topological polar surface area (TPSA) is 72.3 Å². The highest BCUT2D eigenvalue weighted by molar-refractivity contribution is 5.84. The first-order chi connectivity index (χ1) is 7.09. The second-order valence-corrected chi connectivity index (χ2v) is 3.10. The summed E-state index contributed by atoms with van der Waals surface area (Å²) in [7, 11) is 0. The number of carboxylic acid groups (broad SMARTS) is 1. The molecule has 0 aliphatic heterocycles. The quantitative estimate of drug-likeness (QED) is 0.742. The smallest absolute Gasteiger partial charge is 0.356 e. The summed E-state index contributed by atoms with van der Waals surface area (Å²) in [6.45, 7) is 6.04. The molecule has 0 spiro atoms. The van der Waals surface area contributed by atoms with Gasteiger partial charge in [0.05, 0.1) is 19.0 Å². The highest BCUT2D eigenvalue weighted by atomic mass is 16.5. The van der Waals surface area contributed by atoms with Gasteiger partial charge in [0.2, 0.25) is 5.88 Å². The third-order valence-electron chi connectivity index (χ3n) is 1.61. The van der Waals surface area contributed by atoms with E-state index in [0.717, 1.165) is 5.57 Å². The summed E-state index contributed by atoms with van der Waals surface area (Å²) in [5.74, 6) is -0.899. The zero-order valence-corrected chi connectivity index (χ0v) is 8.43. The predicted molar refractivity (Wildman–Crippen MR) is 53.9 cm³/mol. The molecule has 0 fully saturated rings. The second kappa shape index (κ2) is 5.09. The summed E-state index contributed by atoms with van der Waals surface area (Å²) in [5.41, 5.74) is 0.875. The Morgan fingerprint density at radius 1 is 1.60 bits per heavy atom. The Bertz CT molecular complexity index is 377. The number of hydrogen-bond acceptors (Lipinski definition) is 4. The van der Waals surface area contributed by atoms with Crippen LogP contribution in [0.4, 0.5) is 0 Å². The van der Waals surface area contributed by atoms with E-state index >= 15 is 0 Å². The van der Waals surface area contributed by atoms with Gasteiger partial charge in [-0.1, -0.05) is 5.57 Å². The van der Waals surface area contributed by atoms with E-state index in [9.17, 15) is 4.79 Å². The van der Waals surface area contributed by atoms with Gasteiger partial charge in [-0.15, -0.1) is 6.58 Å². The Morgan fingerprint density at radius 2 is 2.33 bits per heavy atom. The van der Waals surface area contributed by atoms with Crippen molar-refractivity contribution >= 4 is 5.97 Å². The van der Waals surface area contributed by atoms with E-state index in [1.165, 1.54) is 12.4 Å². The zero-order valence-electron chi connectivity index (χ0n) is 8.43. The molecule has 0 saturated heterocycles. The maximum Gasteiger partial charge on any atom is 0.356 e. The van der Waals surface area contributed by atoms with Gasteiger partial charge in [0.15, 0.2) is 5.69 Å². The Morgan fingerprint density at radius 3 is 2.93 bits per heavy atom. The molecule has 0 unspecified atom stereocenters. The molecule has 1 rings (SSSR count). The molecule has 5 heteroatoms. The summed E-state index contributed by atoms with van der Waals surface area (Å²) in [6.07, 6.45) is 3.26. The molecule has 1 aromatic heterocycles. The fourth-order valence-corrected chi connectivity index (χ4v) is 0.850. The van der Waals surface area contributed by atoms with Gasteiger partial charge in [-0.3, -0.25) is 4.98 Å². The number of rotatable bonds is 5. The molecule has 15 heavy (non-hydrogen) atoms. The number of aromatic nitrogens is 2. The van der Waals surface area contributed by atoms with Crippen LogP contribution in [-0.4, -0.2) is 27.7 Å². The SMILES string of the molecule is C=C(C)CCOc1cncc(C(=O)O)n1. The molecule has 0 bridgehead atoms. The number of nitrogens with zero attached hydrogens (tertiary/aromatic N) is 2. The minimum Gasteiger partial charge on any atom is -0.476 e. The number of carbonyl (C=O) groups is 1. The molecule has 1 heterocycles. The van der Waals surface area contributed by atoms with E-state index in [-0.39, 0.29) is 11.6 Å². The largest absolute Gasteiger partial charge is 0.476 e. The summed E-state index contributed by atoms with van der Waals surface area (Å²) in [6, 6.07) is 0. The molecule has 1 N–H and O–H groups in total. The fraction of sp³-hybridized carbons (Fsp3) is 0.300. The lowest BCUT2D eigenvalue weighted by Gasteiger charge is -2.04. The summed E-state index contributed by atoms with van der Waals surface area (Å²) < 4.78 is 5.21. The highest BCUT2D eigenvalue weighted by Gasteiger charge is 2.06. The van der Waals surface area contributed by atoms with Gasteiger partial charge >= 0.3 is 5.97 Å². The monoisotopic (exact) mass is 208 g/mol. The first-order valence-corrected chi connectivity index (χ1v) is 4.42. The van der Waals surface area contributed by atoms with E-state index in [4.69, 9.17) is 9.84 Å². The van der Waals surface area contributed by atoms with Crippen LogP contribution in [0.1, 0.15) is 23.8 Å². The van der Waals surface area contributed by atoms with Crippen LogP contribution in [0.2, 0.25) is 0 Å². The maximum absolute atomic E-state index is 10.6. The van der Waals surface area contributed by atoms with Crippen LogP contribution in [0.3, 0.4) is 0 Å². The second-order valence-electron chi connectivity index (χ2n) is 3.10. The third-order valence-corrected chi connectivity index (χ3v) is 1.61. The number of hydrogen-bond donors (Lipinski definition) is 1. The van der Waals surface area contributed by atoms with Crippen molar-refractivity contribution in [2.45, 2.75) is 13.3 Å². The van der Waals surface area contributed by atoms with E-state index < -0.39 is 5.97 Å². The fourth-order valence-electron chi connectivity index (χ4n) is 0.850. The Labute approximate surface area is 87.4 Å². The lowest BCUT2D eigenvalue weighted by Crippen LogP contribution is -2.05. The van der Waals surface area contributed by atoms with E-state index in [1.54, 1.807) is 0 Å². The van der Waals surface area contributed by atoms with Crippen LogP contribution < -0.4 is 4.74 Å². The molecule has 5 nitrogen and oxygen atoms in total. The Kier molecular flexibility index (Phi) is 3.79. The van der Waals surface area contributed by atoms with Gasteiger partial charge in [0.1, 0.15) is 0 Å². The summed E-state index contributed by atoms with van der Waals surface area (Å²) in [5, 5.41) is 8.65. The lowest BCUT2D eigenvalue weighted by molar-refractivity contribution is 0.0688. The average molecular weight is 208 g/mol. The van der Waals surface area contributed by atoms with Crippen molar-refractivity contribution in [1.82, 2.24) is 9.97 Å². The minimum atomic E-state index is -1.12. The predicted octanol–water partition coefficient (Wildman–Crippen LogP) is 1.52. The van der Waals surface area contributed by atoms with Crippen LogP contribution in [-0.2, 0) is 0 Å². The third kappa shape index (κ3) is 3.76. The maximum atomic E-state index is 10.6. The van der Waals surface area contributed by atoms with Gasteiger partial charge in [0, 0.05) is 6.42 Å². The van der Waals surface area contributed by atoms with Gasteiger partial charge in [0.25, 0.3) is 0 Å². The van der Waals surface area contributed by atoms with Crippen LogP contribution in [0.15, 0.2) is 24.5 Å². The molecule has 0 atom stereocenters. The van der Waals surface area contributed by atoms with E-state index in [2.05, 4.69) is 16.5 Å². The molecule has 0 radical (unpaired) electrons. The molecule has 0 aliphatic rings. The standard InChI is InChI=1S/C10H12N2O3/c1-7(2)3-4-15-9-6-11-5-8(12-9)10(13)14/h5-6H,1,3-4H2,2H3,(H,13,14). The van der Waals surface area contributed by atoms with Gasteiger partial charge in [-0.25, -0.2) is 9.78 Å². The van der Waals surface area contributed by atoms with Crippen molar-refractivity contribution < 1.29 is 14.6 Å². The van der Waals surface area contributed by atoms with Crippen LogP contribution in [0.5, 0.6) is 5.88 Å². The van der Waals surface area contributed by atoms with Gasteiger partial charge in [-0.2, -0.15) is 0 Å². The van der Waals surface area contributed by atoms with Gasteiger partial charge in [-0.05, 0) is 6.92 Å². The average Bonchev–Trinajstić information content (AvgIpc) is 2.17. The number of carboxylic acids is 1. The van der Waals surface area contributed by atoms with Crippen molar-refractivity contribution in [2.75, 3.05) is 6.61 Å². The van der Waals surface area contributed by atoms with Crippen molar-refractivity contribution in [3.63, 3.8) is 0 Å². The van der Waals surface area contributed by atoms with Crippen LogP contribution >= 0.6 is 0 Å². The zero-order chi connectivity index (χ0) is 11.3. The summed E-state index contributed by atoms with van der Waals surface area (Å²) >= 11 is 0. The molecule has 80 valence electrons. The van der Waals surface area contributed by atoms with Crippen LogP contribution in [0.25, 0.3) is 0 Å². The Balaban J connectivity index is 2.58. The van der Waals surface area contributed by atoms with E-state index in [1.807, 2.05) is 6.92 Å². The molecule has 0 saturated carbocycles. The minimum absolute atomic E-state index is 0.122. The molecular weight excluding hydrogens is 196 g/mol. The first-order valence-electron chi connectivity index (χ1n) is 4.42. The highest BCUT2D eigenvalue weighted by Crippen LogP contribution is 2.06. The molecule has 0 aliphatic carbocycles. The number of aromatic carboxylic acids is 1. The van der Waals surface area contributed by atoms with Crippen molar-refractivity contribution in [1.29, 1.82) is 0 Å². The normalized spacial score (nSPS) is 9.67. The van der Waals surface area contributed by atoms with Gasteiger partial charge < -0.3 is 9.84 Å². The van der Waals surface area contributed by atoms with Crippen molar-refractivity contribution in [3.05, 3.63) is 30.2 Å². The molecule has 1 aromatic rings. The lowest BCUT2D eigenvalue weighted by atomic mass is 10.3.